The fourth-order valence-electron chi connectivity index (χ4n) is 5.99. The number of piperidine rings is 1. The summed E-state index contributed by atoms with van der Waals surface area (Å²) < 4.78 is 20.5. The molecule has 0 spiro atoms. The number of carbonyl (C=O) groups excluding carboxylic acids is 1. The first-order valence-electron chi connectivity index (χ1n) is 13.6. The van der Waals surface area contributed by atoms with E-state index in [-0.39, 0.29) is 23.7 Å². The fourth-order valence-corrected chi connectivity index (χ4v) is 6.13. The predicted octanol–water partition coefficient (Wildman–Crippen LogP) is 5.74. The van der Waals surface area contributed by atoms with Crippen molar-refractivity contribution >= 4 is 30.4 Å². The van der Waals surface area contributed by atoms with E-state index in [9.17, 15) is 9.18 Å². The van der Waals surface area contributed by atoms with E-state index in [1.807, 2.05) is 0 Å². The Labute approximate surface area is 225 Å². The molecule has 202 valence electrons. The smallest absolute Gasteiger partial charge is 0.224 e. The summed E-state index contributed by atoms with van der Waals surface area (Å²) in [4.78, 5) is 22.8. The molecule has 8 heteroatoms. The summed E-state index contributed by atoms with van der Waals surface area (Å²) in [6.45, 7) is 8.84. The van der Waals surface area contributed by atoms with Gasteiger partial charge in [0.05, 0.1) is 24.7 Å². The third kappa shape index (κ3) is 8.37. The Bertz CT molecular complexity index is 1000. The molecule has 1 N–H and O–H groups in total. The first kappa shape index (κ1) is 27.8. The van der Waals surface area contributed by atoms with E-state index in [1.54, 1.807) is 18.3 Å². The van der Waals surface area contributed by atoms with Gasteiger partial charge in [0.25, 0.3) is 0 Å². The molecule has 2 saturated carbocycles. The summed E-state index contributed by atoms with van der Waals surface area (Å²) >= 11 is 5.95. The summed E-state index contributed by atoms with van der Waals surface area (Å²) in [5.74, 6) is 2.31. The lowest BCUT2D eigenvalue weighted by Crippen LogP contribution is -2.44. The van der Waals surface area contributed by atoms with E-state index in [4.69, 9.17) is 16.3 Å². The van der Waals surface area contributed by atoms with Gasteiger partial charge in [-0.05, 0) is 81.5 Å². The summed E-state index contributed by atoms with van der Waals surface area (Å²) in [7, 11) is 0. The number of aliphatic imine (C=N–C) groups is 2. The van der Waals surface area contributed by atoms with E-state index in [1.165, 1.54) is 31.5 Å². The minimum absolute atomic E-state index is 0.0637. The molecule has 1 amide bonds. The molecule has 6 nitrogen and oxygen atoms in total. The monoisotopic (exact) mass is 530 g/mol. The number of nitrogens with zero attached hydrogens (tertiary/aromatic N) is 3. The molecule has 1 saturated heterocycles. The molecule has 2 atom stereocenters. The number of halogens is 2. The van der Waals surface area contributed by atoms with Crippen molar-refractivity contribution in [1.82, 2.24) is 10.2 Å². The van der Waals surface area contributed by atoms with Crippen LogP contribution in [-0.2, 0) is 11.2 Å². The average Bonchev–Trinajstić information content (AvgIpc) is 3.51. The normalized spacial score (nSPS) is 24.4. The van der Waals surface area contributed by atoms with Crippen LogP contribution in [0.15, 0.2) is 39.4 Å². The highest BCUT2D eigenvalue weighted by molar-refractivity contribution is 6.39. The van der Waals surface area contributed by atoms with Gasteiger partial charge in [0.1, 0.15) is 11.6 Å². The molecule has 3 fully saturated rings. The lowest BCUT2D eigenvalue weighted by Gasteiger charge is -2.31. The first-order valence-corrected chi connectivity index (χ1v) is 14.0. The van der Waals surface area contributed by atoms with Gasteiger partial charge in [0.15, 0.2) is 0 Å². The number of hydrogen-bond acceptors (Lipinski definition) is 5. The van der Waals surface area contributed by atoms with Crippen molar-refractivity contribution in [1.29, 1.82) is 0 Å². The second kappa shape index (κ2) is 13.0. The van der Waals surface area contributed by atoms with Gasteiger partial charge >= 0.3 is 0 Å². The number of carbonyl (C=O) groups is 1. The number of rotatable bonds is 12. The molecule has 2 aliphatic carbocycles. The predicted molar refractivity (Wildman–Crippen MR) is 148 cm³/mol. The largest absolute Gasteiger partial charge is 0.493 e. The molecule has 0 radical (unpaired) electrons. The number of benzene rings is 1. The van der Waals surface area contributed by atoms with Crippen LogP contribution in [0.1, 0.15) is 63.9 Å². The Balaban J connectivity index is 1.12. The molecule has 37 heavy (non-hydrogen) atoms. The van der Waals surface area contributed by atoms with Gasteiger partial charge in [0.2, 0.25) is 5.91 Å². The molecular weight excluding hydrogens is 491 g/mol. The van der Waals surface area contributed by atoms with E-state index in [0.29, 0.717) is 35.5 Å². The number of hydrogen-bond donors (Lipinski definition) is 1. The van der Waals surface area contributed by atoms with Gasteiger partial charge < -0.3 is 10.1 Å². The van der Waals surface area contributed by atoms with Gasteiger partial charge in [-0.1, -0.05) is 30.5 Å². The highest BCUT2D eigenvalue weighted by Crippen LogP contribution is 2.49. The van der Waals surface area contributed by atoms with Gasteiger partial charge in [-0.3, -0.25) is 19.7 Å². The number of ether oxygens (including phenoxy) is 1. The molecule has 1 aliphatic heterocycles. The van der Waals surface area contributed by atoms with Gasteiger partial charge in [-0.15, -0.1) is 0 Å². The fraction of sp³-hybridized carbons (Fsp3) is 0.621. The van der Waals surface area contributed by atoms with Crippen LogP contribution in [0.4, 0.5) is 4.39 Å². The quantitative estimate of drug-likeness (QED) is 0.350. The number of allylic oxidation sites excluding steroid dienone is 1. The lowest BCUT2D eigenvalue weighted by molar-refractivity contribution is -0.122. The third-order valence-corrected chi connectivity index (χ3v) is 8.40. The van der Waals surface area contributed by atoms with Crippen LogP contribution < -0.4 is 10.1 Å². The maximum Gasteiger partial charge on any atom is 0.224 e. The van der Waals surface area contributed by atoms with E-state index >= 15 is 0 Å². The van der Waals surface area contributed by atoms with Gasteiger partial charge in [-0.25, -0.2) is 4.39 Å². The zero-order valence-electron chi connectivity index (χ0n) is 21.9. The maximum atomic E-state index is 14.6. The Morgan fingerprint density at radius 3 is 2.78 bits per heavy atom. The van der Waals surface area contributed by atoms with Crippen LogP contribution in [0, 0.1) is 23.6 Å². The topological polar surface area (TPSA) is 66.3 Å². The Hall–Kier alpha value is -2.25. The minimum atomic E-state index is -0.375. The van der Waals surface area contributed by atoms with E-state index < -0.39 is 0 Å². The molecular formula is C29H40ClFN4O2. The number of amides is 1. The molecule has 3 aliphatic rings. The first-order chi connectivity index (χ1) is 17.8. The third-order valence-electron chi connectivity index (χ3n) is 8.21. The molecule has 1 aromatic rings. The van der Waals surface area contributed by atoms with E-state index in [2.05, 4.69) is 33.8 Å². The van der Waals surface area contributed by atoms with Crippen LogP contribution in [-0.4, -0.2) is 55.6 Å². The van der Waals surface area contributed by atoms with Crippen LogP contribution in [0.5, 0.6) is 5.75 Å². The molecule has 1 aromatic carbocycles. The molecule has 0 aromatic heterocycles. The summed E-state index contributed by atoms with van der Waals surface area (Å²) in [6.07, 6.45) is 12.1. The van der Waals surface area contributed by atoms with Crippen molar-refractivity contribution in [3.63, 3.8) is 0 Å². The molecule has 2 unspecified atom stereocenters. The summed E-state index contributed by atoms with van der Waals surface area (Å²) in [5, 5.41) is 3.58. The van der Waals surface area contributed by atoms with E-state index in [0.717, 1.165) is 57.0 Å². The van der Waals surface area contributed by atoms with Crippen molar-refractivity contribution in [2.45, 2.75) is 70.3 Å². The molecule has 0 bridgehead atoms. The lowest BCUT2D eigenvalue weighted by atomic mass is 9.91. The Kier molecular flexibility index (Phi) is 9.77. The van der Waals surface area contributed by atoms with Crippen LogP contribution >= 0.6 is 11.6 Å². The van der Waals surface area contributed by atoms with Crippen LogP contribution in [0.3, 0.4) is 0 Å². The molecule has 4 rings (SSSR count). The van der Waals surface area contributed by atoms with Crippen LogP contribution in [0.25, 0.3) is 0 Å². The minimum Gasteiger partial charge on any atom is -0.493 e. The van der Waals surface area contributed by atoms with Crippen molar-refractivity contribution in [3.8, 4) is 5.75 Å². The van der Waals surface area contributed by atoms with Crippen molar-refractivity contribution in [3.05, 3.63) is 40.8 Å². The SMILES string of the molecule is C=N/C=C(/Cl)C=NCN1CCC(C2CC2CCOc2ccc(CC(=O)NC3(C)CCCC3)c(F)c2)CC1. The zero-order valence-corrected chi connectivity index (χ0v) is 22.7. The average molecular weight is 531 g/mol. The maximum absolute atomic E-state index is 14.6. The van der Waals surface area contributed by atoms with Crippen molar-refractivity contribution in [2.24, 2.45) is 27.7 Å². The second-order valence-electron chi connectivity index (χ2n) is 11.1. The standard InChI is InChI=1S/C29H40ClFN4O2/c1-29(10-3-4-11-29)34-28(36)16-23-5-6-25(17-27(23)31)37-14-9-22-15-26(22)21-7-12-35(13-8-21)20-33-19-24(30)18-32-2/h5-6,17-19,21-22,26H,2-4,7-16,20H2,1H3,(H,34,36)/b24-18+,33-19?. The zero-order chi connectivity index (χ0) is 26.3. The van der Waals surface area contributed by atoms with Crippen LogP contribution in [0.2, 0.25) is 0 Å². The van der Waals surface area contributed by atoms with Gasteiger partial charge in [-0.2, -0.15) is 0 Å². The summed E-state index contributed by atoms with van der Waals surface area (Å²) in [5.41, 5.74) is 0.276. The Morgan fingerprint density at radius 2 is 2.08 bits per heavy atom. The summed E-state index contributed by atoms with van der Waals surface area (Å²) in [6, 6.07) is 4.88. The highest BCUT2D eigenvalue weighted by atomic mass is 35.5. The second-order valence-corrected chi connectivity index (χ2v) is 11.6. The van der Waals surface area contributed by atoms with Gasteiger partial charge in [0, 0.05) is 37.1 Å². The molecule has 1 heterocycles. The van der Waals surface area contributed by atoms with Crippen molar-refractivity contribution < 1.29 is 13.9 Å². The number of likely N-dealkylation sites (tertiary alicyclic amines) is 1. The Morgan fingerprint density at radius 1 is 1.32 bits per heavy atom. The number of nitrogens with one attached hydrogen (secondary N) is 1. The van der Waals surface area contributed by atoms with Crippen molar-refractivity contribution in [2.75, 3.05) is 26.4 Å². The highest BCUT2D eigenvalue weighted by Gasteiger charge is 2.43.